The molecule has 0 atom stereocenters. The Kier molecular flexibility index (Phi) is 9.53. The number of urea groups is 1. The van der Waals surface area contributed by atoms with Crippen molar-refractivity contribution in [1.29, 1.82) is 0 Å². The van der Waals surface area contributed by atoms with Gasteiger partial charge in [0.25, 0.3) is 0 Å². The number of carbonyl (C=O) groups excluding carboxylic acids is 2. The number of aromatic carboxylic acids is 1. The molecule has 200 valence electrons. The number of amides is 3. The first-order valence-corrected chi connectivity index (χ1v) is 11.8. The van der Waals surface area contributed by atoms with E-state index in [0.717, 1.165) is 16.7 Å². The van der Waals surface area contributed by atoms with Gasteiger partial charge in [-0.1, -0.05) is 24.3 Å². The average Bonchev–Trinajstić information content (AvgIpc) is 2.89. The highest BCUT2D eigenvalue weighted by molar-refractivity contribution is 6.01. The lowest BCUT2D eigenvalue weighted by molar-refractivity contribution is -0.120. The number of ether oxygens (including phenoxy) is 3. The Balaban J connectivity index is 1.55. The van der Waals surface area contributed by atoms with Gasteiger partial charge in [-0.25, -0.2) is 9.59 Å². The van der Waals surface area contributed by atoms with E-state index in [0.29, 0.717) is 28.6 Å². The van der Waals surface area contributed by atoms with Crippen molar-refractivity contribution >= 4 is 29.3 Å². The third-order valence-corrected chi connectivity index (χ3v) is 5.81. The summed E-state index contributed by atoms with van der Waals surface area (Å²) in [7, 11) is 2.93. The summed E-state index contributed by atoms with van der Waals surface area (Å²) in [5.74, 6) is -0.147. The van der Waals surface area contributed by atoms with Gasteiger partial charge in [0.1, 0.15) is 12.4 Å². The molecule has 0 unspecified atom stereocenters. The van der Waals surface area contributed by atoms with Crippen LogP contribution < -0.4 is 30.2 Å². The molecule has 0 aliphatic heterocycles. The molecule has 10 heteroatoms. The number of rotatable bonds is 11. The minimum Gasteiger partial charge on any atom is -0.494 e. The number of hydrogen-bond acceptors (Lipinski definition) is 6. The number of anilines is 2. The normalized spacial score (nSPS) is 10.3. The van der Waals surface area contributed by atoms with E-state index in [1.165, 1.54) is 32.4 Å². The van der Waals surface area contributed by atoms with E-state index >= 15 is 0 Å². The van der Waals surface area contributed by atoms with Gasteiger partial charge >= 0.3 is 12.0 Å². The number of carboxylic acids is 1. The van der Waals surface area contributed by atoms with Gasteiger partial charge in [0.05, 0.1) is 38.4 Å². The SMILES string of the molecule is COc1cc(C(=O)O)ccc1OCCNC(=O)Cc1ccc(NC(=O)Nc2ccccc2C)c(OC)c1C. The van der Waals surface area contributed by atoms with Crippen LogP contribution in [-0.2, 0) is 11.2 Å². The summed E-state index contributed by atoms with van der Waals surface area (Å²) in [5, 5.41) is 17.5. The molecule has 0 saturated heterocycles. The molecule has 0 bridgehead atoms. The number of para-hydroxylation sites is 1. The molecule has 0 aliphatic rings. The number of nitrogens with one attached hydrogen (secondary N) is 3. The average molecular weight is 522 g/mol. The topological polar surface area (TPSA) is 135 Å². The maximum Gasteiger partial charge on any atom is 0.335 e. The predicted molar refractivity (Wildman–Crippen MR) is 144 cm³/mol. The molecule has 3 rings (SSSR count). The number of carboxylic acid groups (broad SMARTS) is 1. The first-order chi connectivity index (χ1) is 18.2. The molecule has 3 aromatic carbocycles. The summed E-state index contributed by atoms with van der Waals surface area (Å²) in [6, 6.07) is 14.8. The lowest BCUT2D eigenvalue weighted by atomic mass is 10.0. The van der Waals surface area contributed by atoms with Crippen molar-refractivity contribution in [3.05, 3.63) is 76.9 Å². The van der Waals surface area contributed by atoms with Crippen molar-refractivity contribution in [3.63, 3.8) is 0 Å². The maximum atomic E-state index is 12.5. The maximum absolute atomic E-state index is 12.5. The Morgan fingerprint density at radius 2 is 1.61 bits per heavy atom. The molecule has 0 fully saturated rings. The molecule has 0 heterocycles. The second-order valence-electron chi connectivity index (χ2n) is 8.37. The molecule has 3 aromatic rings. The molecule has 0 saturated carbocycles. The standard InChI is InChI=1S/C28H31N3O7/c1-17-7-5-6-8-21(17)30-28(35)31-22-11-9-19(18(2)26(22)37-4)16-25(32)29-13-14-38-23-12-10-20(27(33)34)15-24(23)36-3/h5-12,15H,13-14,16H2,1-4H3,(H,29,32)(H,33,34)(H2,30,31,35). The van der Waals surface area contributed by atoms with Crippen LogP contribution in [0.5, 0.6) is 17.2 Å². The van der Waals surface area contributed by atoms with Gasteiger partial charge in [0.15, 0.2) is 11.5 Å². The van der Waals surface area contributed by atoms with Gasteiger partial charge < -0.3 is 35.3 Å². The van der Waals surface area contributed by atoms with E-state index < -0.39 is 12.0 Å². The van der Waals surface area contributed by atoms with E-state index in [-0.39, 0.29) is 31.0 Å². The van der Waals surface area contributed by atoms with Crippen molar-refractivity contribution < 1.29 is 33.7 Å². The van der Waals surface area contributed by atoms with Gasteiger partial charge in [0.2, 0.25) is 5.91 Å². The molecule has 38 heavy (non-hydrogen) atoms. The van der Waals surface area contributed by atoms with Crippen LogP contribution >= 0.6 is 0 Å². The molecule has 0 radical (unpaired) electrons. The van der Waals surface area contributed by atoms with E-state index in [4.69, 9.17) is 19.3 Å². The van der Waals surface area contributed by atoms with Gasteiger partial charge in [-0.3, -0.25) is 4.79 Å². The van der Waals surface area contributed by atoms with Crippen molar-refractivity contribution in [2.24, 2.45) is 0 Å². The molecule has 10 nitrogen and oxygen atoms in total. The largest absolute Gasteiger partial charge is 0.494 e. The quantitative estimate of drug-likeness (QED) is 0.275. The molecule has 0 aromatic heterocycles. The Hall–Kier alpha value is -4.73. The lowest BCUT2D eigenvalue weighted by Gasteiger charge is -2.17. The van der Waals surface area contributed by atoms with Crippen molar-refractivity contribution in [2.75, 3.05) is 38.0 Å². The predicted octanol–water partition coefficient (Wildman–Crippen LogP) is 4.40. The first-order valence-electron chi connectivity index (χ1n) is 11.8. The second kappa shape index (κ2) is 13.0. The van der Waals surface area contributed by atoms with Crippen LogP contribution in [0.2, 0.25) is 0 Å². The summed E-state index contributed by atoms with van der Waals surface area (Å²) in [6.45, 7) is 4.12. The summed E-state index contributed by atoms with van der Waals surface area (Å²) in [5.41, 5.74) is 3.69. The number of aryl methyl sites for hydroxylation is 1. The smallest absolute Gasteiger partial charge is 0.335 e. The molecule has 0 spiro atoms. The Labute approximate surface area is 220 Å². The van der Waals surface area contributed by atoms with Gasteiger partial charge in [-0.2, -0.15) is 0 Å². The Morgan fingerprint density at radius 1 is 0.868 bits per heavy atom. The highest BCUT2D eigenvalue weighted by atomic mass is 16.5. The number of hydrogen-bond donors (Lipinski definition) is 4. The third-order valence-electron chi connectivity index (χ3n) is 5.81. The van der Waals surface area contributed by atoms with Crippen LogP contribution in [0.1, 0.15) is 27.0 Å². The van der Waals surface area contributed by atoms with Crippen LogP contribution in [0.4, 0.5) is 16.2 Å². The van der Waals surface area contributed by atoms with Crippen molar-refractivity contribution in [3.8, 4) is 17.2 Å². The van der Waals surface area contributed by atoms with E-state index in [1.54, 1.807) is 12.1 Å². The summed E-state index contributed by atoms with van der Waals surface area (Å²) in [4.78, 5) is 36.2. The number of methoxy groups -OCH3 is 2. The van der Waals surface area contributed by atoms with Crippen LogP contribution in [0.15, 0.2) is 54.6 Å². The molecule has 0 aliphatic carbocycles. The summed E-state index contributed by atoms with van der Waals surface area (Å²) < 4.78 is 16.3. The van der Waals surface area contributed by atoms with E-state index in [9.17, 15) is 14.4 Å². The minimum absolute atomic E-state index is 0.0847. The second-order valence-corrected chi connectivity index (χ2v) is 8.37. The molecular weight excluding hydrogens is 490 g/mol. The van der Waals surface area contributed by atoms with Gasteiger partial charge in [0, 0.05) is 5.69 Å². The fourth-order valence-corrected chi connectivity index (χ4v) is 3.78. The summed E-state index contributed by atoms with van der Waals surface area (Å²) >= 11 is 0. The number of benzene rings is 3. The van der Waals surface area contributed by atoms with Gasteiger partial charge in [-0.15, -0.1) is 0 Å². The van der Waals surface area contributed by atoms with Crippen LogP contribution in [0.25, 0.3) is 0 Å². The van der Waals surface area contributed by atoms with E-state index in [1.807, 2.05) is 38.1 Å². The minimum atomic E-state index is -1.07. The zero-order chi connectivity index (χ0) is 27.7. The zero-order valence-corrected chi connectivity index (χ0v) is 21.7. The van der Waals surface area contributed by atoms with E-state index in [2.05, 4.69) is 16.0 Å². The summed E-state index contributed by atoms with van der Waals surface area (Å²) in [6.07, 6.45) is 0.106. The monoisotopic (exact) mass is 521 g/mol. The fourth-order valence-electron chi connectivity index (χ4n) is 3.78. The van der Waals surface area contributed by atoms with Gasteiger partial charge in [-0.05, 0) is 60.9 Å². The molecule has 4 N–H and O–H groups in total. The van der Waals surface area contributed by atoms with Crippen LogP contribution in [-0.4, -0.2) is 50.4 Å². The third kappa shape index (κ3) is 7.16. The highest BCUT2D eigenvalue weighted by Gasteiger charge is 2.16. The molecule has 3 amide bonds. The first kappa shape index (κ1) is 27.9. The van der Waals surface area contributed by atoms with Crippen LogP contribution in [0.3, 0.4) is 0 Å². The zero-order valence-electron chi connectivity index (χ0n) is 21.7. The fraction of sp³-hybridized carbons (Fsp3) is 0.250. The van der Waals surface area contributed by atoms with Crippen LogP contribution in [0, 0.1) is 13.8 Å². The van der Waals surface area contributed by atoms with Crippen molar-refractivity contribution in [1.82, 2.24) is 5.32 Å². The number of carbonyl (C=O) groups is 3. The lowest BCUT2D eigenvalue weighted by Crippen LogP contribution is -2.29. The van der Waals surface area contributed by atoms with Crippen molar-refractivity contribution in [2.45, 2.75) is 20.3 Å². The molecular formula is C28H31N3O7. The Morgan fingerprint density at radius 3 is 2.29 bits per heavy atom. The highest BCUT2D eigenvalue weighted by Crippen LogP contribution is 2.32. The Bertz CT molecular complexity index is 1320.